The number of benzene rings is 1. The predicted molar refractivity (Wildman–Crippen MR) is 61.6 cm³/mol. The number of hydrogen-bond acceptors (Lipinski definition) is 4. The molecule has 0 atom stereocenters. The average Bonchev–Trinajstić information content (AvgIpc) is 2.27. The van der Waals surface area contributed by atoms with Crippen molar-refractivity contribution in [3.63, 3.8) is 0 Å². The number of nitro groups is 1. The molecule has 0 spiro atoms. The van der Waals surface area contributed by atoms with E-state index in [1.165, 1.54) is 18.2 Å². The maximum atomic E-state index is 11.8. The highest BCUT2D eigenvalue weighted by Crippen LogP contribution is 2.21. The summed E-state index contributed by atoms with van der Waals surface area (Å²) in [5.74, 6) is -0.408. The van der Waals surface area contributed by atoms with Gasteiger partial charge in [-0.15, -0.1) is 0 Å². The lowest BCUT2D eigenvalue weighted by Gasteiger charge is -2.32. The van der Waals surface area contributed by atoms with E-state index in [0.29, 0.717) is 0 Å². The second-order valence-electron chi connectivity index (χ2n) is 4.18. The Morgan fingerprint density at radius 1 is 1.41 bits per heavy atom. The molecule has 1 amide bonds. The lowest BCUT2D eigenvalue weighted by molar-refractivity contribution is -0.385. The Morgan fingerprint density at radius 3 is 2.65 bits per heavy atom. The van der Waals surface area contributed by atoms with Gasteiger partial charge in [0.25, 0.3) is 11.6 Å². The molecular weight excluding hydrogens is 222 g/mol. The number of rotatable bonds is 3. The number of nitrogens with zero attached hydrogens (tertiary/aromatic N) is 1. The third-order valence-corrected chi connectivity index (χ3v) is 2.86. The second kappa shape index (κ2) is 4.50. The summed E-state index contributed by atoms with van der Waals surface area (Å²) in [7, 11) is 0. The summed E-state index contributed by atoms with van der Waals surface area (Å²) in [6.45, 7) is 0. The summed E-state index contributed by atoms with van der Waals surface area (Å²) >= 11 is 0. The molecule has 1 fully saturated rings. The minimum atomic E-state index is -0.554. The lowest BCUT2D eigenvalue weighted by atomic mass is 9.87. The maximum absolute atomic E-state index is 11.8. The van der Waals surface area contributed by atoms with Crippen molar-refractivity contribution in [2.45, 2.75) is 24.9 Å². The molecular formula is C11H13N3O3. The van der Waals surface area contributed by atoms with Gasteiger partial charge >= 0.3 is 0 Å². The Kier molecular flexibility index (Phi) is 3.06. The Morgan fingerprint density at radius 2 is 2.06 bits per heavy atom. The first-order chi connectivity index (χ1) is 8.08. The van der Waals surface area contributed by atoms with Crippen LogP contribution in [0.4, 0.5) is 5.69 Å². The molecule has 1 aliphatic carbocycles. The Bertz CT molecular complexity index is 455. The van der Waals surface area contributed by atoms with Gasteiger partial charge in [-0.3, -0.25) is 14.9 Å². The molecule has 90 valence electrons. The van der Waals surface area contributed by atoms with Crippen molar-refractivity contribution < 1.29 is 9.72 Å². The van der Waals surface area contributed by atoms with Crippen molar-refractivity contribution in [3.8, 4) is 0 Å². The molecule has 17 heavy (non-hydrogen) atoms. The van der Waals surface area contributed by atoms with E-state index in [-0.39, 0.29) is 23.3 Å². The summed E-state index contributed by atoms with van der Waals surface area (Å²) in [5, 5.41) is 13.5. The van der Waals surface area contributed by atoms with Gasteiger partial charge in [-0.1, -0.05) is 12.1 Å². The van der Waals surface area contributed by atoms with Gasteiger partial charge < -0.3 is 11.1 Å². The fraction of sp³-hybridized carbons (Fsp3) is 0.364. The van der Waals surface area contributed by atoms with Crippen molar-refractivity contribution >= 4 is 11.6 Å². The van der Waals surface area contributed by atoms with Crippen LogP contribution in [0.25, 0.3) is 0 Å². The van der Waals surface area contributed by atoms with Gasteiger partial charge in [-0.2, -0.15) is 0 Å². The van der Waals surface area contributed by atoms with Crippen molar-refractivity contribution in [2.24, 2.45) is 5.73 Å². The summed E-state index contributed by atoms with van der Waals surface area (Å²) in [5.41, 5.74) is 5.52. The molecule has 6 heteroatoms. The first-order valence-corrected chi connectivity index (χ1v) is 5.38. The number of nitro benzene ring substituents is 1. The second-order valence-corrected chi connectivity index (χ2v) is 4.18. The summed E-state index contributed by atoms with van der Waals surface area (Å²) < 4.78 is 0. The maximum Gasteiger partial charge on any atom is 0.282 e. The molecule has 6 nitrogen and oxygen atoms in total. The number of hydrogen-bond donors (Lipinski definition) is 2. The molecule has 2 rings (SSSR count). The minimum absolute atomic E-state index is 0.0392. The highest BCUT2D eigenvalue weighted by Gasteiger charge is 2.29. The molecule has 0 bridgehead atoms. The Hall–Kier alpha value is -1.95. The summed E-state index contributed by atoms with van der Waals surface area (Å²) in [6.07, 6.45) is 1.46. The fourth-order valence-electron chi connectivity index (χ4n) is 1.87. The van der Waals surface area contributed by atoms with Gasteiger partial charge in [0.15, 0.2) is 0 Å². The first-order valence-electron chi connectivity index (χ1n) is 5.38. The average molecular weight is 235 g/mol. The first kappa shape index (κ1) is 11.5. The predicted octanol–water partition coefficient (Wildman–Crippen LogP) is 0.814. The molecule has 0 unspecified atom stereocenters. The highest BCUT2D eigenvalue weighted by atomic mass is 16.6. The minimum Gasteiger partial charge on any atom is -0.349 e. The van der Waals surface area contributed by atoms with Crippen molar-refractivity contribution in [1.29, 1.82) is 0 Å². The van der Waals surface area contributed by atoms with E-state index in [1.807, 2.05) is 0 Å². The van der Waals surface area contributed by atoms with Crippen LogP contribution in [0.2, 0.25) is 0 Å². The molecule has 1 saturated carbocycles. The van der Waals surface area contributed by atoms with E-state index >= 15 is 0 Å². The molecule has 3 N–H and O–H groups in total. The van der Waals surface area contributed by atoms with Gasteiger partial charge in [0, 0.05) is 18.2 Å². The molecule has 1 aliphatic rings. The van der Waals surface area contributed by atoms with E-state index in [1.54, 1.807) is 6.07 Å². The van der Waals surface area contributed by atoms with Crippen LogP contribution in [-0.4, -0.2) is 22.9 Å². The van der Waals surface area contributed by atoms with E-state index in [9.17, 15) is 14.9 Å². The van der Waals surface area contributed by atoms with E-state index in [4.69, 9.17) is 5.73 Å². The van der Waals surface area contributed by atoms with Crippen molar-refractivity contribution in [2.75, 3.05) is 0 Å². The van der Waals surface area contributed by atoms with Gasteiger partial charge in [0.05, 0.1) is 4.92 Å². The van der Waals surface area contributed by atoms with Gasteiger partial charge in [0.1, 0.15) is 5.56 Å². The lowest BCUT2D eigenvalue weighted by Crippen LogP contribution is -2.50. The van der Waals surface area contributed by atoms with Crippen LogP contribution in [0.3, 0.4) is 0 Å². The third-order valence-electron chi connectivity index (χ3n) is 2.86. The smallest absolute Gasteiger partial charge is 0.282 e. The number of nitrogens with two attached hydrogens (primary N) is 1. The van der Waals surface area contributed by atoms with E-state index in [0.717, 1.165) is 12.8 Å². The number of carbonyl (C=O) groups excluding carboxylic acids is 1. The molecule has 1 aromatic rings. The van der Waals surface area contributed by atoms with Gasteiger partial charge in [0.2, 0.25) is 0 Å². The van der Waals surface area contributed by atoms with Crippen LogP contribution >= 0.6 is 0 Å². The molecule has 0 heterocycles. The van der Waals surface area contributed by atoms with E-state index in [2.05, 4.69) is 5.32 Å². The van der Waals surface area contributed by atoms with Crippen molar-refractivity contribution in [1.82, 2.24) is 5.32 Å². The third kappa shape index (κ3) is 2.42. The topological polar surface area (TPSA) is 98.3 Å². The Labute approximate surface area is 98.0 Å². The zero-order valence-electron chi connectivity index (χ0n) is 9.13. The van der Waals surface area contributed by atoms with Crippen LogP contribution in [0, 0.1) is 10.1 Å². The van der Waals surface area contributed by atoms with Crippen LogP contribution in [0.15, 0.2) is 24.3 Å². The van der Waals surface area contributed by atoms with Crippen LogP contribution < -0.4 is 11.1 Å². The van der Waals surface area contributed by atoms with E-state index < -0.39 is 10.8 Å². The molecule has 0 aromatic heterocycles. The molecule has 0 saturated heterocycles. The summed E-state index contributed by atoms with van der Waals surface area (Å²) in [4.78, 5) is 22.0. The van der Waals surface area contributed by atoms with Gasteiger partial charge in [-0.05, 0) is 18.9 Å². The molecule has 0 aliphatic heterocycles. The highest BCUT2D eigenvalue weighted by molar-refractivity contribution is 5.98. The standard InChI is InChI=1S/C11H13N3O3/c12-7-5-8(6-7)13-11(15)9-3-1-2-4-10(9)14(16)17/h1-4,7-8H,5-6,12H2,(H,13,15). The van der Waals surface area contributed by atoms with Crippen LogP contribution in [-0.2, 0) is 0 Å². The number of para-hydroxylation sites is 1. The summed E-state index contributed by atoms with van der Waals surface area (Å²) in [6, 6.07) is 6.08. The zero-order chi connectivity index (χ0) is 12.4. The largest absolute Gasteiger partial charge is 0.349 e. The number of carbonyl (C=O) groups is 1. The fourth-order valence-corrected chi connectivity index (χ4v) is 1.87. The quantitative estimate of drug-likeness (QED) is 0.598. The zero-order valence-corrected chi connectivity index (χ0v) is 9.13. The van der Waals surface area contributed by atoms with Crippen LogP contribution in [0.1, 0.15) is 23.2 Å². The van der Waals surface area contributed by atoms with Gasteiger partial charge in [-0.25, -0.2) is 0 Å². The number of nitrogens with one attached hydrogen (secondary N) is 1. The SMILES string of the molecule is NC1CC(NC(=O)c2ccccc2[N+](=O)[O-])C1. The Balaban J connectivity index is 2.11. The normalized spacial score (nSPS) is 22.6. The molecule has 1 aromatic carbocycles. The van der Waals surface area contributed by atoms with Crippen LogP contribution in [0.5, 0.6) is 0 Å². The number of amides is 1. The monoisotopic (exact) mass is 235 g/mol. The van der Waals surface area contributed by atoms with Crippen molar-refractivity contribution in [3.05, 3.63) is 39.9 Å². The molecule has 0 radical (unpaired) electrons.